The number of nitrogens with one attached hydrogen (secondary N) is 1. The Labute approximate surface area is 146 Å². The van der Waals surface area contributed by atoms with Crippen LogP contribution >= 0.6 is 0 Å². The number of pyridine rings is 1. The van der Waals surface area contributed by atoms with Gasteiger partial charge in [-0.15, -0.1) is 0 Å². The molecule has 0 radical (unpaired) electrons. The maximum atomic E-state index is 12.8. The van der Waals surface area contributed by atoms with Gasteiger partial charge in [0.05, 0.1) is 25.5 Å². The molecular formula is C19H19N3O3. The lowest BCUT2D eigenvalue weighted by Crippen LogP contribution is -2.24. The van der Waals surface area contributed by atoms with Crippen LogP contribution in [0, 0.1) is 0 Å². The molecule has 0 saturated heterocycles. The van der Waals surface area contributed by atoms with Crippen molar-refractivity contribution in [2.24, 2.45) is 0 Å². The number of carbonyl (C=O) groups excluding carboxylic acids is 1. The van der Waals surface area contributed by atoms with Crippen LogP contribution in [0.15, 0.2) is 61.2 Å². The lowest BCUT2D eigenvalue weighted by molar-refractivity contribution is 0.0950. The van der Waals surface area contributed by atoms with E-state index in [2.05, 4.69) is 10.3 Å². The van der Waals surface area contributed by atoms with Gasteiger partial charge in [0.25, 0.3) is 5.91 Å². The van der Waals surface area contributed by atoms with Crippen molar-refractivity contribution in [2.45, 2.75) is 6.54 Å². The van der Waals surface area contributed by atoms with Gasteiger partial charge >= 0.3 is 0 Å². The molecule has 0 fully saturated rings. The first kappa shape index (κ1) is 16.6. The van der Waals surface area contributed by atoms with Gasteiger partial charge in [-0.05, 0) is 35.9 Å². The summed E-state index contributed by atoms with van der Waals surface area (Å²) >= 11 is 0. The van der Waals surface area contributed by atoms with E-state index in [4.69, 9.17) is 9.47 Å². The van der Waals surface area contributed by atoms with Gasteiger partial charge in [0.15, 0.2) is 11.5 Å². The second kappa shape index (κ2) is 7.53. The van der Waals surface area contributed by atoms with E-state index in [0.717, 1.165) is 11.3 Å². The van der Waals surface area contributed by atoms with E-state index in [1.807, 2.05) is 41.2 Å². The van der Waals surface area contributed by atoms with Crippen LogP contribution in [0.2, 0.25) is 0 Å². The SMILES string of the molecule is COc1cc(C(=O)NCc2ccncc2)c(-n2cccc2)cc1OC. The molecule has 6 heteroatoms. The minimum absolute atomic E-state index is 0.193. The zero-order chi connectivity index (χ0) is 17.6. The van der Waals surface area contributed by atoms with Gasteiger partial charge in [-0.1, -0.05) is 0 Å². The summed E-state index contributed by atoms with van der Waals surface area (Å²) in [6.07, 6.45) is 7.15. The number of nitrogens with zero attached hydrogens (tertiary/aromatic N) is 2. The highest BCUT2D eigenvalue weighted by atomic mass is 16.5. The molecule has 2 aromatic heterocycles. The van der Waals surface area contributed by atoms with Gasteiger partial charge in [-0.25, -0.2) is 0 Å². The Kier molecular flexibility index (Phi) is 4.99. The van der Waals surface area contributed by atoms with E-state index in [-0.39, 0.29) is 5.91 Å². The fourth-order valence-corrected chi connectivity index (χ4v) is 2.54. The van der Waals surface area contributed by atoms with Gasteiger partial charge < -0.3 is 19.4 Å². The number of rotatable bonds is 6. The highest BCUT2D eigenvalue weighted by molar-refractivity contribution is 5.98. The second-order valence-electron chi connectivity index (χ2n) is 5.35. The smallest absolute Gasteiger partial charge is 0.253 e. The maximum absolute atomic E-state index is 12.8. The summed E-state index contributed by atoms with van der Waals surface area (Å²) in [4.78, 5) is 16.7. The van der Waals surface area contributed by atoms with Crippen LogP contribution in [-0.4, -0.2) is 29.7 Å². The average Bonchev–Trinajstić information content (AvgIpc) is 3.20. The molecular weight excluding hydrogens is 318 g/mol. The summed E-state index contributed by atoms with van der Waals surface area (Å²) in [6, 6.07) is 11.0. The highest BCUT2D eigenvalue weighted by Crippen LogP contribution is 2.32. The van der Waals surface area contributed by atoms with E-state index in [1.165, 1.54) is 0 Å². The lowest BCUT2D eigenvalue weighted by atomic mass is 10.1. The minimum Gasteiger partial charge on any atom is -0.493 e. The van der Waals surface area contributed by atoms with Crippen molar-refractivity contribution in [3.63, 3.8) is 0 Å². The van der Waals surface area contributed by atoms with Gasteiger partial charge in [-0.3, -0.25) is 9.78 Å². The first-order chi connectivity index (χ1) is 12.2. The molecule has 0 atom stereocenters. The Hall–Kier alpha value is -3.28. The molecule has 2 heterocycles. The fourth-order valence-electron chi connectivity index (χ4n) is 2.54. The Morgan fingerprint density at radius 1 is 1.08 bits per heavy atom. The Morgan fingerprint density at radius 3 is 2.36 bits per heavy atom. The number of benzene rings is 1. The van der Waals surface area contributed by atoms with Crippen LogP contribution in [0.5, 0.6) is 11.5 Å². The van der Waals surface area contributed by atoms with E-state index in [0.29, 0.717) is 23.6 Å². The predicted octanol–water partition coefficient (Wildman–Crippen LogP) is 2.82. The number of ether oxygens (including phenoxy) is 2. The summed E-state index contributed by atoms with van der Waals surface area (Å²) < 4.78 is 12.6. The summed E-state index contributed by atoms with van der Waals surface area (Å²) in [6.45, 7) is 0.417. The van der Waals surface area contributed by atoms with Crippen molar-refractivity contribution in [1.29, 1.82) is 0 Å². The van der Waals surface area contributed by atoms with Crippen molar-refractivity contribution in [3.8, 4) is 17.2 Å². The average molecular weight is 337 g/mol. The van der Waals surface area contributed by atoms with Gasteiger partial charge in [0.2, 0.25) is 0 Å². The summed E-state index contributed by atoms with van der Waals surface area (Å²) in [7, 11) is 3.12. The molecule has 0 spiro atoms. The monoisotopic (exact) mass is 337 g/mol. The van der Waals surface area contributed by atoms with Crippen molar-refractivity contribution in [3.05, 3.63) is 72.3 Å². The molecule has 0 bridgehead atoms. The van der Waals surface area contributed by atoms with E-state index < -0.39 is 0 Å². The molecule has 0 aliphatic carbocycles. The summed E-state index contributed by atoms with van der Waals surface area (Å²) in [5.74, 6) is 0.880. The van der Waals surface area contributed by atoms with Gasteiger partial charge in [0, 0.05) is 37.4 Å². The third-order valence-corrected chi connectivity index (χ3v) is 3.83. The van der Waals surface area contributed by atoms with Crippen LogP contribution in [0.4, 0.5) is 0 Å². The maximum Gasteiger partial charge on any atom is 0.253 e. The third-order valence-electron chi connectivity index (χ3n) is 3.83. The summed E-state index contributed by atoms with van der Waals surface area (Å²) in [5, 5.41) is 2.93. The van der Waals surface area contributed by atoms with Crippen LogP contribution in [0.3, 0.4) is 0 Å². The number of hydrogen-bond acceptors (Lipinski definition) is 4. The molecule has 0 aliphatic heterocycles. The van der Waals surface area contributed by atoms with Crippen LogP contribution < -0.4 is 14.8 Å². The van der Waals surface area contributed by atoms with Crippen LogP contribution in [0.1, 0.15) is 15.9 Å². The van der Waals surface area contributed by atoms with Crippen LogP contribution in [-0.2, 0) is 6.54 Å². The molecule has 25 heavy (non-hydrogen) atoms. The molecule has 0 saturated carbocycles. The molecule has 1 amide bonds. The van der Waals surface area contributed by atoms with E-state index in [9.17, 15) is 4.79 Å². The standard InChI is InChI=1S/C19H19N3O3/c1-24-17-11-15(19(23)21-13-14-5-7-20-8-6-14)16(12-18(17)25-2)22-9-3-4-10-22/h3-12H,13H2,1-2H3,(H,21,23). The number of hydrogen-bond donors (Lipinski definition) is 1. The first-order valence-corrected chi connectivity index (χ1v) is 7.79. The zero-order valence-corrected chi connectivity index (χ0v) is 14.1. The number of methoxy groups -OCH3 is 2. The first-order valence-electron chi connectivity index (χ1n) is 7.79. The Balaban J connectivity index is 1.94. The molecule has 0 unspecified atom stereocenters. The highest BCUT2D eigenvalue weighted by Gasteiger charge is 2.17. The van der Waals surface area contributed by atoms with Crippen LogP contribution in [0.25, 0.3) is 5.69 Å². The molecule has 3 aromatic rings. The number of carbonyl (C=O) groups is 1. The molecule has 128 valence electrons. The van der Waals surface area contributed by atoms with E-state index >= 15 is 0 Å². The van der Waals surface area contributed by atoms with Crippen molar-refractivity contribution in [2.75, 3.05) is 14.2 Å². The topological polar surface area (TPSA) is 65.4 Å². The fraction of sp³-hybridized carbons (Fsp3) is 0.158. The molecule has 0 aliphatic rings. The van der Waals surface area contributed by atoms with Crippen molar-refractivity contribution in [1.82, 2.24) is 14.9 Å². The van der Waals surface area contributed by atoms with Gasteiger partial charge in [-0.2, -0.15) is 0 Å². The second-order valence-corrected chi connectivity index (χ2v) is 5.35. The largest absolute Gasteiger partial charge is 0.493 e. The predicted molar refractivity (Wildman–Crippen MR) is 94.3 cm³/mol. The molecule has 1 N–H and O–H groups in total. The van der Waals surface area contributed by atoms with Crippen molar-refractivity contribution >= 4 is 5.91 Å². The zero-order valence-electron chi connectivity index (χ0n) is 14.1. The van der Waals surface area contributed by atoms with E-state index in [1.54, 1.807) is 38.7 Å². The quantitative estimate of drug-likeness (QED) is 0.751. The molecule has 6 nitrogen and oxygen atoms in total. The lowest BCUT2D eigenvalue weighted by Gasteiger charge is -2.15. The number of aromatic nitrogens is 2. The minimum atomic E-state index is -0.193. The Bertz CT molecular complexity index is 846. The summed E-state index contributed by atoms with van der Waals surface area (Å²) in [5.41, 5.74) is 2.20. The van der Waals surface area contributed by atoms with Crippen molar-refractivity contribution < 1.29 is 14.3 Å². The Morgan fingerprint density at radius 2 is 1.72 bits per heavy atom. The third kappa shape index (κ3) is 3.63. The molecule has 3 rings (SSSR count). The normalized spacial score (nSPS) is 10.3. The van der Waals surface area contributed by atoms with Gasteiger partial charge in [0.1, 0.15) is 0 Å². The molecule has 1 aromatic carbocycles. The number of amides is 1.